The lowest BCUT2D eigenvalue weighted by Gasteiger charge is -2.41. The second-order valence-electron chi connectivity index (χ2n) is 11.1. The van der Waals surface area contributed by atoms with Crippen LogP contribution in [0.15, 0.2) is 36.9 Å². The Labute approximate surface area is 246 Å². The molecule has 3 aliphatic heterocycles. The number of alkyl halides is 1. The van der Waals surface area contributed by atoms with Crippen molar-refractivity contribution in [3.8, 4) is 12.1 Å². The predicted molar refractivity (Wildman–Crippen MR) is 160 cm³/mol. The van der Waals surface area contributed by atoms with Crippen molar-refractivity contribution in [1.29, 1.82) is 5.26 Å². The minimum Gasteiger partial charge on any atom is -0.462 e. The van der Waals surface area contributed by atoms with Crippen LogP contribution in [-0.4, -0.2) is 82.8 Å². The number of ether oxygens (including phenoxy) is 1. The number of amides is 1. The van der Waals surface area contributed by atoms with Gasteiger partial charge in [0, 0.05) is 42.9 Å². The third kappa shape index (κ3) is 6.52. The van der Waals surface area contributed by atoms with Gasteiger partial charge in [-0.2, -0.15) is 15.2 Å². The topological polar surface area (TPSA) is 85.6 Å². The minimum absolute atomic E-state index is 0.0372. The Kier molecular flexibility index (Phi) is 9.46. The molecule has 0 spiro atoms. The molecule has 2 fully saturated rings. The number of fused-ring (bicyclic) bond motifs is 1. The molecule has 0 bridgehead atoms. The number of carbonyl (C=O) groups excluding carboxylic acids is 1. The molecule has 3 unspecified atom stereocenters. The van der Waals surface area contributed by atoms with Crippen molar-refractivity contribution >= 4 is 23.5 Å². The third-order valence-electron chi connectivity index (χ3n) is 8.53. The van der Waals surface area contributed by atoms with E-state index < -0.39 is 5.50 Å². The van der Waals surface area contributed by atoms with Gasteiger partial charge >= 0.3 is 6.01 Å². The van der Waals surface area contributed by atoms with Crippen LogP contribution in [-0.2, 0) is 24.1 Å². The summed E-state index contributed by atoms with van der Waals surface area (Å²) in [7, 11) is 2.11. The minimum atomic E-state index is -1.06. The van der Waals surface area contributed by atoms with Gasteiger partial charge in [0.2, 0.25) is 5.91 Å². The van der Waals surface area contributed by atoms with E-state index in [9.17, 15) is 10.1 Å². The van der Waals surface area contributed by atoms with Gasteiger partial charge in [-0.15, -0.1) is 11.8 Å². The zero-order chi connectivity index (χ0) is 28.9. The molecule has 8 nitrogen and oxygen atoms in total. The first-order valence-corrected chi connectivity index (χ1v) is 15.5. The number of likely N-dealkylation sites (N-methyl/N-ethyl adjacent to an activating group) is 1. The molecule has 2 aromatic rings. The van der Waals surface area contributed by atoms with Gasteiger partial charge < -0.3 is 19.4 Å². The monoisotopic (exact) mass is 578 g/mol. The van der Waals surface area contributed by atoms with Gasteiger partial charge in [-0.1, -0.05) is 37.8 Å². The number of anilines is 1. The van der Waals surface area contributed by atoms with E-state index in [1.165, 1.54) is 17.8 Å². The van der Waals surface area contributed by atoms with E-state index in [-0.39, 0.29) is 23.6 Å². The molecule has 1 amide bonds. The summed E-state index contributed by atoms with van der Waals surface area (Å²) >= 11 is 1.36. The van der Waals surface area contributed by atoms with E-state index in [2.05, 4.69) is 36.4 Å². The summed E-state index contributed by atoms with van der Waals surface area (Å²) in [6, 6.07) is 10.4. The summed E-state index contributed by atoms with van der Waals surface area (Å²) < 4.78 is 21.4. The zero-order valence-electron chi connectivity index (χ0n) is 24.0. The molecule has 0 N–H and O–H groups in total. The molecular weight excluding hydrogens is 539 g/mol. The number of hydrogen-bond acceptors (Lipinski definition) is 8. The quantitative estimate of drug-likeness (QED) is 0.402. The first-order chi connectivity index (χ1) is 19.9. The number of aromatic nitrogens is 2. The Morgan fingerprint density at radius 1 is 1.27 bits per heavy atom. The van der Waals surface area contributed by atoms with Crippen molar-refractivity contribution in [1.82, 2.24) is 19.8 Å². The molecule has 0 aliphatic carbocycles. The van der Waals surface area contributed by atoms with E-state index in [1.807, 2.05) is 24.3 Å². The lowest BCUT2D eigenvalue weighted by atomic mass is 9.98. The largest absolute Gasteiger partial charge is 0.462 e. The number of nitrogens with zero attached hydrogens (tertiary/aromatic N) is 6. The van der Waals surface area contributed by atoms with Gasteiger partial charge in [0.25, 0.3) is 0 Å². The van der Waals surface area contributed by atoms with Gasteiger partial charge in [-0.25, -0.2) is 4.39 Å². The number of nitriles is 1. The Morgan fingerprint density at radius 3 is 2.83 bits per heavy atom. The average molecular weight is 579 g/mol. The molecule has 0 radical (unpaired) electrons. The lowest BCUT2D eigenvalue weighted by Crippen LogP contribution is -2.55. The van der Waals surface area contributed by atoms with E-state index in [0.29, 0.717) is 51.1 Å². The van der Waals surface area contributed by atoms with E-state index >= 15 is 4.39 Å². The molecular formula is C31H39FN6O2S. The maximum atomic E-state index is 15.2. The van der Waals surface area contributed by atoms with Crippen LogP contribution < -0.4 is 9.64 Å². The Morgan fingerprint density at radius 2 is 2.10 bits per heavy atom. The number of thioether (sulfide) groups is 1. The van der Waals surface area contributed by atoms with Crippen molar-refractivity contribution in [2.24, 2.45) is 0 Å². The fraction of sp³-hybridized carbons (Fsp3) is 0.548. The van der Waals surface area contributed by atoms with Crippen LogP contribution in [0.1, 0.15) is 54.1 Å². The number of likely N-dealkylation sites (tertiary alicyclic amines) is 1. The number of rotatable bonds is 9. The van der Waals surface area contributed by atoms with Gasteiger partial charge in [-0.3, -0.25) is 4.79 Å². The van der Waals surface area contributed by atoms with E-state index in [1.54, 1.807) is 4.90 Å². The smallest absolute Gasteiger partial charge is 0.318 e. The highest BCUT2D eigenvalue weighted by atomic mass is 32.2. The maximum absolute atomic E-state index is 15.2. The molecule has 218 valence electrons. The molecule has 0 saturated carbocycles. The second kappa shape index (κ2) is 13.2. The standard InChI is InChI=1S/C31H39FN6O2S/c1-4-25-27(18-24-17-21-9-6-7-11-26(21)29(32)41-24)34-31(40-20-23-10-8-14-36(23)3)35-30(25)37-15-16-38(28(39)5-2)22(19-37)12-13-33/h5-7,9,11,22-24,29H,2,4,8,10,12,14-20H2,1,3H3/t22?,23?,24-,29?/m1/s1. The molecule has 1 aromatic heterocycles. The number of carbonyl (C=O) groups is 1. The molecule has 5 rings (SSSR count). The number of hydrogen-bond donors (Lipinski definition) is 0. The van der Waals surface area contributed by atoms with Crippen molar-refractivity contribution in [2.75, 3.05) is 44.7 Å². The first-order valence-electron chi connectivity index (χ1n) is 14.6. The van der Waals surface area contributed by atoms with Crippen molar-refractivity contribution < 1.29 is 13.9 Å². The Hall–Kier alpha value is -3.16. The van der Waals surface area contributed by atoms with Crippen LogP contribution >= 0.6 is 11.8 Å². The van der Waals surface area contributed by atoms with Gasteiger partial charge in [-0.05, 0) is 56.5 Å². The van der Waals surface area contributed by atoms with E-state index in [0.717, 1.165) is 54.0 Å². The fourth-order valence-electron chi connectivity index (χ4n) is 6.26. The highest BCUT2D eigenvalue weighted by Gasteiger charge is 2.33. The van der Waals surface area contributed by atoms with Crippen LogP contribution in [0.3, 0.4) is 0 Å². The van der Waals surface area contributed by atoms with Gasteiger partial charge in [0.15, 0.2) is 5.50 Å². The summed E-state index contributed by atoms with van der Waals surface area (Å²) in [5.74, 6) is 0.628. The number of piperazine rings is 1. The van der Waals surface area contributed by atoms with E-state index in [4.69, 9.17) is 14.7 Å². The summed E-state index contributed by atoms with van der Waals surface area (Å²) in [4.78, 5) is 28.6. The summed E-state index contributed by atoms with van der Waals surface area (Å²) in [5.41, 5.74) is 2.67. The van der Waals surface area contributed by atoms with Crippen molar-refractivity contribution in [3.05, 3.63) is 59.3 Å². The fourth-order valence-corrected chi connectivity index (χ4v) is 7.51. The molecule has 41 heavy (non-hydrogen) atoms. The highest BCUT2D eigenvalue weighted by Crippen LogP contribution is 2.43. The van der Waals surface area contributed by atoms with Crippen molar-refractivity contribution in [2.45, 2.75) is 68.3 Å². The summed E-state index contributed by atoms with van der Waals surface area (Å²) in [6.45, 7) is 8.83. The Balaban J connectivity index is 1.45. The van der Waals surface area contributed by atoms with Crippen LogP contribution in [0.2, 0.25) is 0 Å². The van der Waals surface area contributed by atoms with Gasteiger partial charge in [0.05, 0.1) is 24.2 Å². The molecule has 4 atom stereocenters. The number of halogens is 1. The van der Waals surface area contributed by atoms with Crippen LogP contribution in [0.4, 0.5) is 10.2 Å². The average Bonchev–Trinajstić information content (AvgIpc) is 3.40. The highest BCUT2D eigenvalue weighted by molar-refractivity contribution is 8.00. The Bertz CT molecular complexity index is 1300. The van der Waals surface area contributed by atoms with Crippen LogP contribution in [0.25, 0.3) is 0 Å². The summed E-state index contributed by atoms with van der Waals surface area (Å²) in [5, 5.41) is 9.53. The second-order valence-corrected chi connectivity index (χ2v) is 12.4. The molecule has 3 aliphatic rings. The summed E-state index contributed by atoms with van der Waals surface area (Å²) in [6.07, 6.45) is 5.85. The SMILES string of the molecule is C=CC(=O)N1CCN(c2nc(OCC3CCCN3C)nc(C[C@H]3Cc4ccccc4C(F)S3)c2CC)CC1CC#N. The third-order valence-corrected chi connectivity index (χ3v) is 9.74. The predicted octanol–water partition coefficient (Wildman–Crippen LogP) is 4.50. The van der Waals surface area contributed by atoms with Crippen LogP contribution in [0.5, 0.6) is 6.01 Å². The van der Waals surface area contributed by atoms with Crippen LogP contribution in [0, 0.1) is 11.3 Å². The van der Waals surface area contributed by atoms with Crippen molar-refractivity contribution in [3.63, 3.8) is 0 Å². The lowest BCUT2D eigenvalue weighted by molar-refractivity contribution is -0.128. The maximum Gasteiger partial charge on any atom is 0.318 e. The molecule has 10 heteroatoms. The number of benzene rings is 1. The molecule has 2 saturated heterocycles. The van der Waals surface area contributed by atoms with Gasteiger partial charge in [0.1, 0.15) is 12.4 Å². The normalized spacial score (nSPS) is 24.5. The zero-order valence-corrected chi connectivity index (χ0v) is 24.8. The first kappa shape index (κ1) is 29.3. The molecule has 4 heterocycles. The molecule has 1 aromatic carbocycles.